The Morgan fingerprint density at radius 2 is 1.79 bits per heavy atom. The minimum absolute atomic E-state index is 0.207. The van der Waals surface area contributed by atoms with Gasteiger partial charge in [0.1, 0.15) is 11.6 Å². The van der Waals surface area contributed by atoms with Gasteiger partial charge >= 0.3 is 0 Å². The highest BCUT2D eigenvalue weighted by molar-refractivity contribution is 6.34. The highest BCUT2D eigenvalue weighted by Gasteiger charge is 2.14. The lowest BCUT2D eigenvalue weighted by Gasteiger charge is -2.24. The van der Waals surface area contributed by atoms with Crippen LogP contribution in [0, 0.1) is 11.7 Å². The maximum atomic E-state index is 13.6. The lowest BCUT2D eigenvalue weighted by atomic mass is 10.1. The van der Waals surface area contributed by atoms with Gasteiger partial charge in [0.15, 0.2) is 0 Å². The number of benzene rings is 2. The van der Waals surface area contributed by atoms with Gasteiger partial charge < -0.3 is 4.57 Å². The molecule has 0 bridgehead atoms. The molecule has 148 valence electrons. The predicted octanol–water partition coefficient (Wildman–Crippen LogP) is 6.04. The standard InChI is InChI=1S/C22H24Cl2FN3/c1-16(2)12-27(13-17-4-3-5-21(25)10-17)15-22-26-6-7-28(22)14-18-8-19(23)11-20(24)9-18/h3-11,16H,12-15H2,1-2H3. The number of halogens is 3. The van der Waals surface area contributed by atoms with Crippen molar-refractivity contribution in [1.82, 2.24) is 14.5 Å². The van der Waals surface area contributed by atoms with Crippen LogP contribution in [0.15, 0.2) is 54.9 Å². The maximum Gasteiger partial charge on any atom is 0.123 e. The van der Waals surface area contributed by atoms with Crippen LogP contribution in [0.4, 0.5) is 4.39 Å². The van der Waals surface area contributed by atoms with Gasteiger partial charge in [-0.1, -0.05) is 49.2 Å². The molecule has 0 fully saturated rings. The summed E-state index contributed by atoms with van der Waals surface area (Å²) in [5.74, 6) is 1.23. The Labute approximate surface area is 175 Å². The quantitative estimate of drug-likeness (QED) is 0.443. The molecular weight excluding hydrogens is 396 g/mol. The van der Waals surface area contributed by atoms with Crippen LogP contribution in [0.5, 0.6) is 0 Å². The van der Waals surface area contributed by atoms with Gasteiger partial charge in [-0.3, -0.25) is 4.90 Å². The molecule has 2 aromatic carbocycles. The number of nitrogens with zero attached hydrogens (tertiary/aromatic N) is 3. The molecule has 0 spiro atoms. The molecule has 0 aliphatic rings. The number of hydrogen-bond acceptors (Lipinski definition) is 2. The molecule has 1 aromatic heterocycles. The van der Waals surface area contributed by atoms with Crippen LogP contribution in [0.25, 0.3) is 0 Å². The van der Waals surface area contributed by atoms with E-state index in [1.807, 2.05) is 24.4 Å². The number of hydrogen-bond donors (Lipinski definition) is 0. The molecule has 0 saturated heterocycles. The van der Waals surface area contributed by atoms with E-state index in [1.54, 1.807) is 24.4 Å². The molecule has 0 aliphatic carbocycles. The van der Waals surface area contributed by atoms with E-state index in [9.17, 15) is 4.39 Å². The molecule has 3 aromatic rings. The summed E-state index contributed by atoms with van der Waals surface area (Å²) in [4.78, 5) is 6.84. The Hall–Kier alpha value is -1.88. The SMILES string of the molecule is CC(C)CN(Cc1cccc(F)c1)Cc1nccn1Cc1cc(Cl)cc(Cl)c1. The smallest absolute Gasteiger partial charge is 0.123 e. The molecule has 0 N–H and O–H groups in total. The van der Waals surface area contributed by atoms with E-state index in [1.165, 1.54) is 6.07 Å². The first-order valence-corrected chi connectivity index (χ1v) is 10.1. The fourth-order valence-electron chi connectivity index (χ4n) is 3.33. The Balaban J connectivity index is 1.76. The molecule has 28 heavy (non-hydrogen) atoms. The van der Waals surface area contributed by atoms with Crippen LogP contribution < -0.4 is 0 Å². The Bertz CT molecular complexity index is 903. The molecule has 0 aliphatic heterocycles. The van der Waals surface area contributed by atoms with Crippen molar-refractivity contribution in [1.29, 1.82) is 0 Å². The third-order valence-corrected chi connectivity index (χ3v) is 4.80. The van der Waals surface area contributed by atoms with Crippen LogP contribution in [-0.4, -0.2) is 21.0 Å². The van der Waals surface area contributed by atoms with Gasteiger partial charge in [0.25, 0.3) is 0 Å². The third kappa shape index (κ3) is 6.06. The Morgan fingerprint density at radius 1 is 1.04 bits per heavy atom. The van der Waals surface area contributed by atoms with Crippen LogP contribution in [0.1, 0.15) is 30.8 Å². The molecule has 3 nitrogen and oxygen atoms in total. The monoisotopic (exact) mass is 419 g/mol. The van der Waals surface area contributed by atoms with Gasteiger partial charge in [-0.05, 0) is 47.4 Å². The normalized spacial score (nSPS) is 11.5. The van der Waals surface area contributed by atoms with Crippen LogP contribution in [0.2, 0.25) is 10.0 Å². The summed E-state index contributed by atoms with van der Waals surface area (Å²) in [6, 6.07) is 12.3. The van der Waals surface area contributed by atoms with Crippen molar-refractivity contribution in [3.8, 4) is 0 Å². The lowest BCUT2D eigenvalue weighted by molar-refractivity contribution is 0.219. The van der Waals surface area contributed by atoms with Crippen molar-refractivity contribution < 1.29 is 4.39 Å². The third-order valence-electron chi connectivity index (χ3n) is 4.36. The molecule has 0 unspecified atom stereocenters. The molecule has 0 radical (unpaired) electrons. The molecule has 6 heteroatoms. The van der Waals surface area contributed by atoms with E-state index in [0.717, 1.165) is 23.5 Å². The van der Waals surface area contributed by atoms with Crippen LogP contribution in [-0.2, 0) is 19.6 Å². The fourth-order valence-corrected chi connectivity index (χ4v) is 3.90. The van der Waals surface area contributed by atoms with E-state index < -0.39 is 0 Å². The Kier molecular flexibility index (Phi) is 7.11. The average Bonchev–Trinajstić information content (AvgIpc) is 3.00. The highest BCUT2D eigenvalue weighted by atomic mass is 35.5. The topological polar surface area (TPSA) is 21.1 Å². The molecular formula is C22H24Cl2FN3. The van der Waals surface area contributed by atoms with Gasteiger partial charge in [-0.15, -0.1) is 0 Å². The Morgan fingerprint density at radius 3 is 2.46 bits per heavy atom. The summed E-state index contributed by atoms with van der Waals surface area (Å²) < 4.78 is 15.7. The summed E-state index contributed by atoms with van der Waals surface area (Å²) in [7, 11) is 0. The average molecular weight is 420 g/mol. The molecule has 3 rings (SSSR count). The largest absolute Gasteiger partial charge is 0.329 e. The minimum Gasteiger partial charge on any atom is -0.329 e. The van der Waals surface area contributed by atoms with E-state index in [2.05, 4.69) is 28.3 Å². The van der Waals surface area contributed by atoms with Crippen molar-refractivity contribution in [3.05, 3.63) is 87.7 Å². The number of imidazole rings is 1. The second-order valence-corrected chi connectivity index (χ2v) is 8.32. The molecule has 1 heterocycles. The minimum atomic E-state index is -0.207. The summed E-state index contributed by atoms with van der Waals surface area (Å²) >= 11 is 12.3. The molecule has 0 atom stereocenters. The van der Waals surface area contributed by atoms with Gasteiger partial charge in [0, 0.05) is 42.1 Å². The van der Waals surface area contributed by atoms with Crippen LogP contribution >= 0.6 is 23.2 Å². The zero-order valence-electron chi connectivity index (χ0n) is 16.1. The second kappa shape index (κ2) is 9.55. The van der Waals surface area contributed by atoms with Crippen molar-refractivity contribution in [2.45, 2.75) is 33.5 Å². The predicted molar refractivity (Wildman–Crippen MR) is 113 cm³/mol. The van der Waals surface area contributed by atoms with Crippen molar-refractivity contribution in [3.63, 3.8) is 0 Å². The summed E-state index contributed by atoms with van der Waals surface area (Å²) in [6.45, 7) is 7.25. The fraction of sp³-hybridized carbons (Fsp3) is 0.318. The lowest BCUT2D eigenvalue weighted by Crippen LogP contribution is -2.28. The zero-order valence-corrected chi connectivity index (χ0v) is 17.6. The van der Waals surface area contributed by atoms with Gasteiger partial charge in [-0.25, -0.2) is 9.37 Å². The number of rotatable bonds is 8. The van der Waals surface area contributed by atoms with E-state index >= 15 is 0 Å². The summed E-state index contributed by atoms with van der Waals surface area (Å²) in [5.41, 5.74) is 1.98. The van der Waals surface area contributed by atoms with Crippen LogP contribution in [0.3, 0.4) is 0 Å². The number of aromatic nitrogens is 2. The van der Waals surface area contributed by atoms with E-state index in [0.29, 0.717) is 35.6 Å². The maximum absolute atomic E-state index is 13.6. The van der Waals surface area contributed by atoms with Gasteiger partial charge in [0.2, 0.25) is 0 Å². The second-order valence-electron chi connectivity index (χ2n) is 7.44. The molecule has 0 saturated carbocycles. The zero-order chi connectivity index (χ0) is 20.1. The first-order chi connectivity index (χ1) is 13.4. The first kappa shape index (κ1) is 20.8. The summed E-state index contributed by atoms with van der Waals surface area (Å²) in [6.07, 6.45) is 3.76. The summed E-state index contributed by atoms with van der Waals surface area (Å²) in [5, 5.41) is 1.24. The van der Waals surface area contributed by atoms with Gasteiger partial charge in [0.05, 0.1) is 6.54 Å². The first-order valence-electron chi connectivity index (χ1n) is 9.31. The van der Waals surface area contributed by atoms with E-state index in [-0.39, 0.29) is 5.82 Å². The van der Waals surface area contributed by atoms with Crippen molar-refractivity contribution in [2.24, 2.45) is 5.92 Å². The van der Waals surface area contributed by atoms with E-state index in [4.69, 9.17) is 23.2 Å². The molecule has 0 amide bonds. The van der Waals surface area contributed by atoms with Crippen molar-refractivity contribution in [2.75, 3.05) is 6.54 Å². The van der Waals surface area contributed by atoms with Crippen molar-refractivity contribution >= 4 is 23.2 Å². The van der Waals surface area contributed by atoms with Gasteiger partial charge in [-0.2, -0.15) is 0 Å². The highest BCUT2D eigenvalue weighted by Crippen LogP contribution is 2.20.